The number of carbonyl (C=O) groups excluding carboxylic acids is 1. The Balaban J connectivity index is 2.17. The lowest BCUT2D eigenvalue weighted by molar-refractivity contribution is 0.0657. The summed E-state index contributed by atoms with van der Waals surface area (Å²) in [5, 5.41) is 4.65. The second-order valence-electron chi connectivity index (χ2n) is 4.47. The summed E-state index contributed by atoms with van der Waals surface area (Å²) in [5.74, 6) is -0.0631. The van der Waals surface area contributed by atoms with Gasteiger partial charge in [0, 0.05) is 33.2 Å². The molecule has 0 radical (unpaired) electrons. The highest BCUT2D eigenvalue weighted by molar-refractivity contribution is 6.34. The summed E-state index contributed by atoms with van der Waals surface area (Å²) >= 11 is 6.12. The number of likely N-dealkylation sites (N-methyl/N-ethyl adjacent to an activating group) is 1. The molecule has 94 valence electrons. The zero-order chi connectivity index (χ0) is 12.6. The maximum Gasteiger partial charge on any atom is 0.276 e. The minimum Gasteiger partial charge on any atom is -0.335 e. The van der Waals surface area contributed by atoms with Gasteiger partial charge in [0.1, 0.15) is 0 Å². The highest BCUT2D eigenvalue weighted by atomic mass is 35.5. The van der Waals surface area contributed by atoms with E-state index in [0.717, 1.165) is 31.9 Å². The SMILES string of the molecule is Cc1c(Cl)c(C(=O)N2CCN(C)CC2)nn1C. The number of aryl methyl sites for hydroxylation is 1. The molecule has 6 heteroatoms. The Morgan fingerprint density at radius 3 is 2.29 bits per heavy atom. The molecule has 0 spiro atoms. The van der Waals surface area contributed by atoms with Crippen LogP contribution >= 0.6 is 11.6 Å². The van der Waals surface area contributed by atoms with Gasteiger partial charge in [-0.15, -0.1) is 0 Å². The molecule has 0 bridgehead atoms. The van der Waals surface area contributed by atoms with E-state index in [-0.39, 0.29) is 5.91 Å². The van der Waals surface area contributed by atoms with Gasteiger partial charge in [-0.1, -0.05) is 11.6 Å². The topological polar surface area (TPSA) is 41.4 Å². The summed E-state index contributed by atoms with van der Waals surface area (Å²) in [5.41, 5.74) is 1.19. The van der Waals surface area contributed by atoms with Gasteiger partial charge >= 0.3 is 0 Å². The number of amides is 1. The number of halogens is 1. The lowest BCUT2D eigenvalue weighted by Crippen LogP contribution is -2.47. The van der Waals surface area contributed by atoms with E-state index in [9.17, 15) is 4.79 Å². The van der Waals surface area contributed by atoms with Crippen LogP contribution in [-0.2, 0) is 7.05 Å². The van der Waals surface area contributed by atoms with Crippen molar-refractivity contribution in [2.45, 2.75) is 6.92 Å². The fraction of sp³-hybridized carbons (Fsp3) is 0.636. The normalized spacial score (nSPS) is 17.5. The van der Waals surface area contributed by atoms with Crippen molar-refractivity contribution in [3.05, 3.63) is 16.4 Å². The fourth-order valence-corrected chi connectivity index (χ4v) is 2.12. The molecular weight excluding hydrogens is 240 g/mol. The molecule has 2 heterocycles. The summed E-state index contributed by atoms with van der Waals surface area (Å²) in [6, 6.07) is 0. The molecule has 0 unspecified atom stereocenters. The Kier molecular flexibility index (Phi) is 3.40. The number of hydrogen-bond donors (Lipinski definition) is 0. The van der Waals surface area contributed by atoms with E-state index >= 15 is 0 Å². The summed E-state index contributed by atoms with van der Waals surface area (Å²) in [6.07, 6.45) is 0. The molecule has 1 fully saturated rings. The van der Waals surface area contributed by atoms with Crippen LogP contribution in [-0.4, -0.2) is 58.7 Å². The van der Waals surface area contributed by atoms with E-state index in [2.05, 4.69) is 17.0 Å². The third-order valence-electron chi connectivity index (χ3n) is 3.25. The molecule has 1 aliphatic rings. The van der Waals surface area contributed by atoms with E-state index in [1.54, 1.807) is 11.7 Å². The van der Waals surface area contributed by atoms with Crippen LogP contribution in [0, 0.1) is 6.92 Å². The third kappa shape index (κ3) is 2.30. The van der Waals surface area contributed by atoms with Gasteiger partial charge in [-0.25, -0.2) is 0 Å². The molecule has 0 N–H and O–H groups in total. The molecule has 17 heavy (non-hydrogen) atoms. The predicted molar refractivity (Wildman–Crippen MR) is 66.4 cm³/mol. The van der Waals surface area contributed by atoms with Crippen LogP contribution in [0.1, 0.15) is 16.2 Å². The first-order valence-corrected chi connectivity index (χ1v) is 6.05. The monoisotopic (exact) mass is 256 g/mol. The highest BCUT2D eigenvalue weighted by Gasteiger charge is 2.25. The van der Waals surface area contributed by atoms with Crippen LogP contribution in [0.2, 0.25) is 5.02 Å². The quantitative estimate of drug-likeness (QED) is 0.745. The molecule has 1 aromatic rings. The van der Waals surface area contributed by atoms with Gasteiger partial charge in [-0.2, -0.15) is 5.10 Å². The Labute approximate surface area is 106 Å². The van der Waals surface area contributed by atoms with Crippen molar-refractivity contribution in [1.82, 2.24) is 19.6 Å². The van der Waals surface area contributed by atoms with Crippen molar-refractivity contribution in [1.29, 1.82) is 0 Å². The van der Waals surface area contributed by atoms with Crippen molar-refractivity contribution in [2.24, 2.45) is 7.05 Å². The number of piperazine rings is 1. The average Bonchev–Trinajstić information content (AvgIpc) is 2.57. The van der Waals surface area contributed by atoms with Gasteiger partial charge < -0.3 is 9.80 Å². The minimum absolute atomic E-state index is 0.0631. The molecule has 0 aliphatic carbocycles. The molecule has 1 aromatic heterocycles. The first-order valence-electron chi connectivity index (χ1n) is 5.67. The van der Waals surface area contributed by atoms with Gasteiger partial charge in [-0.3, -0.25) is 9.48 Å². The lowest BCUT2D eigenvalue weighted by atomic mass is 10.2. The summed E-state index contributed by atoms with van der Waals surface area (Å²) in [6.45, 7) is 5.13. The second kappa shape index (κ2) is 4.66. The number of aromatic nitrogens is 2. The lowest BCUT2D eigenvalue weighted by Gasteiger charge is -2.31. The van der Waals surface area contributed by atoms with Crippen LogP contribution in [0.25, 0.3) is 0 Å². The van der Waals surface area contributed by atoms with Gasteiger partial charge in [0.2, 0.25) is 0 Å². The summed E-state index contributed by atoms with van der Waals surface area (Å²) in [4.78, 5) is 16.3. The number of nitrogens with zero attached hydrogens (tertiary/aromatic N) is 4. The fourth-order valence-electron chi connectivity index (χ4n) is 1.88. The van der Waals surface area contributed by atoms with E-state index in [0.29, 0.717) is 10.7 Å². The Morgan fingerprint density at radius 2 is 1.82 bits per heavy atom. The molecule has 1 aliphatic heterocycles. The van der Waals surface area contributed by atoms with E-state index in [4.69, 9.17) is 11.6 Å². The zero-order valence-electron chi connectivity index (χ0n) is 10.4. The maximum absolute atomic E-state index is 12.2. The van der Waals surface area contributed by atoms with Gasteiger partial charge in [0.05, 0.1) is 10.7 Å². The average molecular weight is 257 g/mol. The van der Waals surface area contributed by atoms with Crippen LogP contribution in [0.4, 0.5) is 0 Å². The predicted octanol–water partition coefficient (Wildman–Crippen LogP) is 0.770. The molecule has 0 aromatic carbocycles. The van der Waals surface area contributed by atoms with Crippen molar-refractivity contribution in [2.75, 3.05) is 33.2 Å². The van der Waals surface area contributed by atoms with Crippen molar-refractivity contribution in [3.63, 3.8) is 0 Å². The number of hydrogen-bond acceptors (Lipinski definition) is 3. The van der Waals surface area contributed by atoms with Crippen LogP contribution in [0.3, 0.4) is 0 Å². The van der Waals surface area contributed by atoms with Crippen LogP contribution < -0.4 is 0 Å². The molecule has 1 saturated heterocycles. The zero-order valence-corrected chi connectivity index (χ0v) is 11.2. The Hall–Kier alpha value is -1.07. The number of carbonyl (C=O) groups is 1. The molecular formula is C11H17ClN4O. The highest BCUT2D eigenvalue weighted by Crippen LogP contribution is 2.21. The van der Waals surface area contributed by atoms with Crippen LogP contribution in [0.15, 0.2) is 0 Å². The van der Waals surface area contributed by atoms with Crippen LogP contribution in [0.5, 0.6) is 0 Å². The van der Waals surface area contributed by atoms with E-state index < -0.39 is 0 Å². The largest absolute Gasteiger partial charge is 0.335 e. The van der Waals surface area contributed by atoms with Crippen molar-refractivity contribution in [3.8, 4) is 0 Å². The van der Waals surface area contributed by atoms with E-state index in [1.165, 1.54) is 0 Å². The molecule has 2 rings (SSSR count). The molecule has 0 saturated carbocycles. The first kappa shape index (κ1) is 12.4. The van der Waals surface area contributed by atoms with Gasteiger partial charge in [-0.05, 0) is 14.0 Å². The molecule has 0 atom stereocenters. The standard InChI is InChI=1S/C11H17ClN4O/c1-8-9(12)10(13-15(8)3)11(17)16-6-4-14(2)5-7-16/h4-7H2,1-3H3. The Morgan fingerprint density at radius 1 is 1.24 bits per heavy atom. The summed E-state index contributed by atoms with van der Waals surface area (Å²) in [7, 11) is 3.85. The number of rotatable bonds is 1. The molecule has 1 amide bonds. The third-order valence-corrected chi connectivity index (χ3v) is 3.71. The summed E-state index contributed by atoms with van der Waals surface area (Å²) < 4.78 is 1.64. The van der Waals surface area contributed by atoms with E-state index in [1.807, 2.05) is 11.8 Å². The maximum atomic E-state index is 12.2. The Bertz CT molecular complexity index is 435. The van der Waals surface area contributed by atoms with Crippen molar-refractivity contribution < 1.29 is 4.79 Å². The minimum atomic E-state index is -0.0631. The second-order valence-corrected chi connectivity index (χ2v) is 4.85. The van der Waals surface area contributed by atoms with Gasteiger partial charge in [0.25, 0.3) is 5.91 Å². The molecule has 5 nitrogen and oxygen atoms in total. The van der Waals surface area contributed by atoms with Crippen molar-refractivity contribution >= 4 is 17.5 Å². The first-order chi connectivity index (χ1) is 8.00. The smallest absolute Gasteiger partial charge is 0.276 e. The van der Waals surface area contributed by atoms with Gasteiger partial charge in [0.15, 0.2) is 5.69 Å².